The zero-order chi connectivity index (χ0) is 15.0. The van der Waals surface area contributed by atoms with Crippen LogP contribution in [0.15, 0.2) is 16.6 Å². The number of nitrogens with zero attached hydrogens (tertiary/aromatic N) is 2. The quantitative estimate of drug-likeness (QED) is 0.892. The molecule has 6 nitrogen and oxygen atoms in total. The molecule has 1 heterocycles. The summed E-state index contributed by atoms with van der Waals surface area (Å²) in [6, 6.07) is 2.61. The average Bonchev–Trinajstić information content (AvgIpc) is 2.76. The van der Waals surface area contributed by atoms with Gasteiger partial charge in [-0.1, -0.05) is 0 Å². The van der Waals surface area contributed by atoms with E-state index in [1.807, 2.05) is 0 Å². The second-order valence-electron chi connectivity index (χ2n) is 3.94. The Balaban J connectivity index is 2.70. The molecule has 0 radical (unpaired) electrons. The minimum absolute atomic E-state index is 0.00537. The number of ether oxygens (including phenoxy) is 1. The van der Waals surface area contributed by atoms with Crippen molar-refractivity contribution in [3.63, 3.8) is 0 Å². The molecule has 2 N–H and O–H groups in total. The van der Waals surface area contributed by atoms with Crippen LogP contribution in [0.5, 0.6) is 11.5 Å². The lowest BCUT2D eigenvalue weighted by molar-refractivity contribution is 0.0689. The summed E-state index contributed by atoms with van der Waals surface area (Å²) in [5, 5.41) is 22.4. The van der Waals surface area contributed by atoms with Crippen molar-refractivity contribution in [3.8, 4) is 22.8 Å². The monoisotopic (exact) mass is 344 g/mol. The molecule has 0 amide bonds. The van der Waals surface area contributed by atoms with Crippen molar-refractivity contribution in [1.82, 2.24) is 9.78 Å². The molecule has 0 fully saturated rings. The SMILES string of the molecule is COc1cc(Br)c(-c2cc(C(=O)O)nn2C)c(F)c1O. The average molecular weight is 345 g/mol. The topological polar surface area (TPSA) is 84.6 Å². The maximum atomic E-state index is 14.2. The number of carboxylic acids is 1. The maximum absolute atomic E-state index is 14.2. The van der Waals surface area contributed by atoms with Crippen molar-refractivity contribution in [2.75, 3.05) is 7.11 Å². The van der Waals surface area contributed by atoms with Gasteiger partial charge in [-0.3, -0.25) is 4.68 Å². The highest BCUT2D eigenvalue weighted by molar-refractivity contribution is 9.10. The summed E-state index contributed by atoms with van der Waals surface area (Å²) in [6.45, 7) is 0. The number of rotatable bonds is 3. The smallest absolute Gasteiger partial charge is 0.356 e. The van der Waals surface area contributed by atoms with Gasteiger partial charge in [0.15, 0.2) is 23.0 Å². The number of phenolic OH excluding ortho intramolecular Hbond substituents is 1. The van der Waals surface area contributed by atoms with Gasteiger partial charge in [-0.15, -0.1) is 0 Å². The molecular weight excluding hydrogens is 335 g/mol. The van der Waals surface area contributed by atoms with Crippen molar-refractivity contribution >= 4 is 21.9 Å². The molecule has 106 valence electrons. The molecule has 2 aromatic rings. The predicted octanol–water partition coefficient (Wildman–Crippen LogP) is 2.40. The van der Waals surface area contributed by atoms with Crippen LogP contribution in [0.4, 0.5) is 4.39 Å². The fourth-order valence-electron chi connectivity index (χ4n) is 1.78. The van der Waals surface area contributed by atoms with E-state index in [0.29, 0.717) is 4.47 Å². The number of carbonyl (C=O) groups is 1. The van der Waals surface area contributed by atoms with Crippen LogP contribution in [0.3, 0.4) is 0 Å². The van der Waals surface area contributed by atoms with Crippen LogP contribution >= 0.6 is 15.9 Å². The number of hydrogen-bond acceptors (Lipinski definition) is 4. The first-order chi connectivity index (χ1) is 9.36. The van der Waals surface area contributed by atoms with Gasteiger partial charge in [0.1, 0.15) is 0 Å². The highest BCUT2D eigenvalue weighted by atomic mass is 79.9. The van der Waals surface area contributed by atoms with Crippen LogP contribution in [-0.2, 0) is 7.05 Å². The first-order valence-electron chi connectivity index (χ1n) is 5.39. The van der Waals surface area contributed by atoms with E-state index in [-0.39, 0.29) is 22.7 Å². The number of aromatic hydroxyl groups is 1. The molecule has 0 atom stereocenters. The van der Waals surface area contributed by atoms with Crippen molar-refractivity contribution in [2.24, 2.45) is 7.05 Å². The van der Waals surface area contributed by atoms with Crippen LogP contribution in [0, 0.1) is 5.82 Å². The number of methoxy groups -OCH3 is 1. The number of aromatic carboxylic acids is 1. The van der Waals surface area contributed by atoms with E-state index in [9.17, 15) is 14.3 Å². The molecule has 0 saturated carbocycles. The Hall–Kier alpha value is -2.09. The highest BCUT2D eigenvalue weighted by Crippen LogP contribution is 2.41. The number of carboxylic acid groups (broad SMARTS) is 1. The fourth-order valence-corrected chi connectivity index (χ4v) is 2.37. The summed E-state index contributed by atoms with van der Waals surface area (Å²) in [5.41, 5.74) is -0.000337. The van der Waals surface area contributed by atoms with Gasteiger partial charge in [-0.2, -0.15) is 5.10 Å². The van der Waals surface area contributed by atoms with Gasteiger partial charge in [0, 0.05) is 11.5 Å². The van der Waals surface area contributed by atoms with Gasteiger partial charge in [-0.05, 0) is 28.1 Å². The van der Waals surface area contributed by atoms with Crippen molar-refractivity contribution < 1.29 is 24.1 Å². The Morgan fingerprint density at radius 1 is 1.50 bits per heavy atom. The van der Waals surface area contributed by atoms with Crippen LogP contribution in [0.2, 0.25) is 0 Å². The molecule has 1 aromatic heterocycles. The van der Waals surface area contributed by atoms with E-state index in [0.717, 1.165) is 0 Å². The maximum Gasteiger partial charge on any atom is 0.356 e. The summed E-state index contributed by atoms with van der Waals surface area (Å²) in [4.78, 5) is 10.9. The molecule has 0 saturated heterocycles. The van der Waals surface area contributed by atoms with E-state index in [4.69, 9.17) is 9.84 Å². The Morgan fingerprint density at radius 3 is 2.65 bits per heavy atom. The third-order valence-electron chi connectivity index (χ3n) is 2.73. The summed E-state index contributed by atoms with van der Waals surface area (Å²) in [5.74, 6) is -2.82. The Labute approximate surface area is 121 Å². The Kier molecular flexibility index (Phi) is 3.67. The fraction of sp³-hybridized carbons (Fsp3) is 0.167. The predicted molar refractivity (Wildman–Crippen MR) is 71.5 cm³/mol. The van der Waals surface area contributed by atoms with E-state index < -0.39 is 17.5 Å². The van der Waals surface area contributed by atoms with E-state index in [2.05, 4.69) is 21.0 Å². The normalized spacial score (nSPS) is 10.6. The first kappa shape index (κ1) is 14.3. The second-order valence-corrected chi connectivity index (χ2v) is 4.80. The van der Waals surface area contributed by atoms with Crippen molar-refractivity contribution in [2.45, 2.75) is 0 Å². The molecule has 2 rings (SSSR count). The number of hydrogen-bond donors (Lipinski definition) is 2. The van der Waals surface area contributed by atoms with Gasteiger partial charge < -0.3 is 14.9 Å². The lowest BCUT2D eigenvalue weighted by Crippen LogP contribution is -2.00. The standard InChI is InChI=1S/C12H10BrFN2O4/c1-16-7(4-6(15-16)12(18)19)9-5(13)3-8(20-2)11(17)10(9)14/h3-4,17H,1-2H3,(H,18,19). The summed E-state index contributed by atoms with van der Waals surface area (Å²) >= 11 is 3.17. The van der Waals surface area contributed by atoms with Crippen LogP contribution < -0.4 is 4.74 Å². The molecule has 0 bridgehead atoms. The van der Waals surface area contributed by atoms with Gasteiger partial charge in [0.05, 0.1) is 18.4 Å². The third-order valence-corrected chi connectivity index (χ3v) is 3.36. The largest absolute Gasteiger partial charge is 0.502 e. The van der Waals surface area contributed by atoms with Crippen molar-refractivity contribution in [1.29, 1.82) is 0 Å². The molecule has 0 aliphatic rings. The molecule has 0 unspecified atom stereocenters. The Morgan fingerprint density at radius 2 is 2.15 bits per heavy atom. The zero-order valence-corrected chi connectivity index (χ0v) is 12.1. The zero-order valence-electron chi connectivity index (χ0n) is 10.5. The van der Waals surface area contributed by atoms with E-state index in [1.54, 1.807) is 0 Å². The van der Waals surface area contributed by atoms with Crippen LogP contribution in [-0.4, -0.2) is 33.1 Å². The van der Waals surface area contributed by atoms with Gasteiger partial charge in [0.2, 0.25) is 0 Å². The molecule has 8 heteroatoms. The minimum Gasteiger partial charge on any atom is -0.502 e. The van der Waals surface area contributed by atoms with Gasteiger partial charge in [-0.25, -0.2) is 9.18 Å². The number of halogens is 2. The molecule has 0 aliphatic heterocycles. The number of aryl methyl sites for hydroxylation is 1. The lowest BCUT2D eigenvalue weighted by Gasteiger charge is -2.11. The summed E-state index contributed by atoms with van der Waals surface area (Å²) < 4.78 is 20.6. The molecule has 0 spiro atoms. The first-order valence-corrected chi connectivity index (χ1v) is 6.18. The van der Waals surface area contributed by atoms with Gasteiger partial charge >= 0.3 is 5.97 Å². The molecule has 20 heavy (non-hydrogen) atoms. The lowest BCUT2D eigenvalue weighted by atomic mass is 10.1. The summed E-state index contributed by atoms with van der Waals surface area (Å²) in [7, 11) is 2.78. The number of aromatic nitrogens is 2. The second kappa shape index (κ2) is 5.12. The third kappa shape index (κ3) is 2.22. The number of benzene rings is 1. The van der Waals surface area contributed by atoms with Crippen LogP contribution in [0.25, 0.3) is 11.3 Å². The van der Waals surface area contributed by atoms with Crippen molar-refractivity contribution in [3.05, 3.63) is 28.1 Å². The molecule has 1 aromatic carbocycles. The van der Waals surface area contributed by atoms with Crippen LogP contribution in [0.1, 0.15) is 10.5 Å². The highest BCUT2D eigenvalue weighted by Gasteiger charge is 2.22. The van der Waals surface area contributed by atoms with Gasteiger partial charge in [0.25, 0.3) is 0 Å². The summed E-state index contributed by atoms with van der Waals surface area (Å²) in [6.07, 6.45) is 0. The molecular formula is C12H10BrFN2O4. The van der Waals surface area contributed by atoms with E-state index in [1.165, 1.54) is 31.0 Å². The van der Waals surface area contributed by atoms with E-state index >= 15 is 0 Å². The Bertz CT molecular complexity index is 699. The minimum atomic E-state index is -1.22. The number of phenols is 1. The molecule has 0 aliphatic carbocycles.